The van der Waals surface area contributed by atoms with Crippen LogP contribution < -0.4 is 10.6 Å². The summed E-state index contributed by atoms with van der Waals surface area (Å²) in [6.07, 6.45) is 4.49. The van der Waals surface area contributed by atoms with Gasteiger partial charge in [0.15, 0.2) is 5.96 Å². The molecule has 0 saturated heterocycles. The van der Waals surface area contributed by atoms with E-state index in [4.69, 9.17) is 4.42 Å². The topological polar surface area (TPSA) is 65.7 Å². The predicted molar refractivity (Wildman–Crippen MR) is 114 cm³/mol. The van der Waals surface area contributed by atoms with E-state index in [9.17, 15) is 0 Å². The molecule has 1 aromatic heterocycles. The molecule has 2 N–H and O–H groups in total. The van der Waals surface area contributed by atoms with Crippen LogP contribution in [0.15, 0.2) is 15.6 Å². The minimum absolute atomic E-state index is 0. The standard InChI is InChI=1S/C18H33N5O.HI/c1-13(2)23(14-7-8-14)10-9-20-17(19-6)22-12-16-21-11-15(24-16)18(3,4)5;/h11,13-14H,7-10,12H2,1-6H3,(H2,19,20,22);1H. The summed E-state index contributed by atoms with van der Waals surface area (Å²) < 4.78 is 5.79. The van der Waals surface area contributed by atoms with Crippen molar-refractivity contribution in [3.8, 4) is 0 Å². The normalized spacial score (nSPS) is 15.4. The van der Waals surface area contributed by atoms with Gasteiger partial charge in [0, 0.05) is 37.6 Å². The lowest BCUT2D eigenvalue weighted by atomic mass is 9.94. The Labute approximate surface area is 169 Å². The van der Waals surface area contributed by atoms with Crippen molar-refractivity contribution in [2.45, 2.75) is 71.5 Å². The van der Waals surface area contributed by atoms with Crippen LogP contribution in [-0.4, -0.2) is 48.1 Å². The average molecular weight is 463 g/mol. The molecular formula is C18H34IN5O. The van der Waals surface area contributed by atoms with E-state index in [0.29, 0.717) is 18.5 Å². The monoisotopic (exact) mass is 463 g/mol. The Hall–Kier alpha value is -0.830. The highest BCUT2D eigenvalue weighted by atomic mass is 127. The highest BCUT2D eigenvalue weighted by Gasteiger charge is 2.30. The van der Waals surface area contributed by atoms with Gasteiger partial charge in [-0.1, -0.05) is 20.8 Å². The van der Waals surface area contributed by atoms with Crippen molar-refractivity contribution in [1.29, 1.82) is 0 Å². The molecule has 0 aliphatic heterocycles. The second-order valence-corrected chi connectivity index (χ2v) is 7.78. The average Bonchev–Trinajstić information content (AvgIpc) is 3.21. The zero-order valence-corrected chi connectivity index (χ0v) is 18.8. The third kappa shape index (κ3) is 7.13. The third-order valence-electron chi connectivity index (χ3n) is 4.27. The second-order valence-electron chi connectivity index (χ2n) is 7.78. The number of hydrogen-bond acceptors (Lipinski definition) is 4. The van der Waals surface area contributed by atoms with Gasteiger partial charge in [0.25, 0.3) is 0 Å². The molecule has 0 atom stereocenters. The van der Waals surface area contributed by atoms with E-state index in [1.165, 1.54) is 12.8 Å². The van der Waals surface area contributed by atoms with E-state index in [-0.39, 0.29) is 29.4 Å². The van der Waals surface area contributed by atoms with Gasteiger partial charge in [-0.2, -0.15) is 0 Å². The van der Waals surface area contributed by atoms with Crippen LogP contribution in [0, 0.1) is 0 Å². The molecule has 0 spiro atoms. The highest BCUT2D eigenvalue weighted by molar-refractivity contribution is 14.0. The minimum atomic E-state index is -0.0196. The molecule has 1 aromatic rings. The first-order valence-corrected chi connectivity index (χ1v) is 8.96. The molecule has 0 amide bonds. The fourth-order valence-electron chi connectivity index (χ4n) is 2.69. The smallest absolute Gasteiger partial charge is 0.213 e. The SMILES string of the molecule is CN=C(NCCN(C(C)C)C1CC1)NCc1ncc(C(C)(C)C)o1.I. The van der Waals surface area contributed by atoms with Crippen LogP contribution in [0.25, 0.3) is 0 Å². The highest BCUT2D eigenvalue weighted by Crippen LogP contribution is 2.27. The first-order valence-electron chi connectivity index (χ1n) is 8.96. The van der Waals surface area contributed by atoms with E-state index in [1.807, 2.05) is 6.20 Å². The van der Waals surface area contributed by atoms with Crippen molar-refractivity contribution in [1.82, 2.24) is 20.5 Å². The maximum Gasteiger partial charge on any atom is 0.213 e. The number of nitrogens with one attached hydrogen (secondary N) is 2. The summed E-state index contributed by atoms with van der Waals surface area (Å²) in [6, 6.07) is 1.38. The maximum atomic E-state index is 5.79. The van der Waals surface area contributed by atoms with E-state index in [2.05, 4.69) is 60.1 Å². The van der Waals surface area contributed by atoms with Crippen molar-refractivity contribution in [2.24, 2.45) is 4.99 Å². The summed E-state index contributed by atoms with van der Waals surface area (Å²) in [5.74, 6) is 2.37. The largest absolute Gasteiger partial charge is 0.443 e. The Balaban J connectivity index is 0.00000312. The molecular weight excluding hydrogens is 429 g/mol. The number of guanidine groups is 1. The van der Waals surface area contributed by atoms with Crippen LogP contribution in [0.4, 0.5) is 0 Å². The Bertz CT molecular complexity index is 544. The fraction of sp³-hybridized carbons (Fsp3) is 0.778. The van der Waals surface area contributed by atoms with Crippen molar-refractivity contribution in [3.05, 3.63) is 17.8 Å². The molecule has 0 unspecified atom stereocenters. The molecule has 2 rings (SSSR count). The lowest BCUT2D eigenvalue weighted by Crippen LogP contribution is -2.43. The minimum Gasteiger partial charge on any atom is -0.443 e. The number of hydrogen-bond donors (Lipinski definition) is 2. The quantitative estimate of drug-likeness (QED) is 0.370. The maximum absolute atomic E-state index is 5.79. The Morgan fingerprint density at radius 1 is 1.36 bits per heavy atom. The first kappa shape index (κ1) is 22.2. The van der Waals surface area contributed by atoms with Crippen LogP contribution in [0.3, 0.4) is 0 Å². The summed E-state index contributed by atoms with van der Waals surface area (Å²) in [5, 5.41) is 6.63. The molecule has 1 saturated carbocycles. The van der Waals surface area contributed by atoms with Crippen molar-refractivity contribution >= 4 is 29.9 Å². The summed E-state index contributed by atoms with van der Waals surface area (Å²) >= 11 is 0. The number of oxazole rings is 1. The predicted octanol–water partition coefficient (Wildman–Crippen LogP) is 3.13. The summed E-state index contributed by atoms with van der Waals surface area (Å²) in [7, 11) is 1.78. The Kier molecular flexibility index (Phi) is 8.67. The number of rotatable bonds is 7. The van der Waals surface area contributed by atoms with Gasteiger partial charge in [-0.05, 0) is 26.7 Å². The number of halogens is 1. The lowest BCUT2D eigenvalue weighted by Gasteiger charge is -2.26. The van der Waals surface area contributed by atoms with Gasteiger partial charge in [-0.25, -0.2) is 4.98 Å². The third-order valence-corrected chi connectivity index (χ3v) is 4.27. The van der Waals surface area contributed by atoms with Gasteiger partial charge >= 0.3 is 0 Å². The van der Waals surface area contributed by atoms with Gasteiger partial charge in [0.1, 0.15) is 5.76 Å². The molecule has 0 aromatic carbocycles. The van der Waals surface area contributed by atoms with Gasteiger partial charge in [-0.15, -0.1) is 24.0 Å². The van der Waals surface area contributed by atoms with E-state index in [1.54, 1.807) is 7.05 Å². The van der Waals surface area contributed by atoms with E-state index >= 15 is 0 Å². The summed E-state index contributed by atoms with van der Waals surface area (Å²) in [5.41, 5.74) is -0.0196. The van der Waals surface area contributed by atoms with Gasteiger partial charge in [-0.3, -0.25) is 9.89 Å². The number of aromatic nitrogens is 1. The van der Waals surface area contributed by atoms with Crippen molar-refractivity contribution in [2.75, 3.05) is 20.1 Å². The molecule has 1 aliphatic rings. The summed E-state index contributed by atoms with van der Waals surface area (Å²) in [4.78, 5) is 11.2. The fourth-order valence-corrected chi connectivity index (χ4v) is 2.69. The molecule has 1 fully saturated rings. The zero-order chi connectivity index (χ0) is 17.7. The molecule has 1 heterocycles. The van der Waals surface area contributed by atoms with Crippen LogP contribution in [-0.2, 0) is 12.0 Å². The van der Waals surface area contributed by atoms with Crippen LogP contribution in [0.1, 0.15) is 59.1 Å². The van der Waals surface area contributed by atoms with Crippen LogP contribution in [0.5, 0.6) is 0 Å². The van der Waals surface area contributed by atoms with E-state index in [0.717, 1.165) is 30.9 Å². The van der Waals surface area contributed by atoms with Gasteiger partial charge in [0.05, 0.1) is 12.7 Å². The molecule has 6 nitrogen and oxygen atoms in total. The van der Waals surface area contributed by atoms with Crippen molar-refractivity contribution in [3.63, 3.8) is 0 Å². The van der Waals surface area contributed by atoms with Crippen LogP contribution in [0.2, 0.25) is 0 Å². The molecule has 144 valence electrons. The number of nitrogens with zero attached hydrogens (tertiary/aromatic N) is 3. The van der Waals surface area contributed by atoms with Gasteiger partial charge < -0.3 is 15.1 Å². The van der Waals surface area contributed by atoms with Crippen LogP contribution >= 0.6 is 24.0 Å². The zero-order valence-electron chi connectivity index (χ0n) is 16.4. The molecule has 0 bridgehead atoms. The van der Waals surface area contributed by atoms with Crippen molar-refractivity contribution < 1.29 is 4.42 Å². The van der Waals surface area contributed by atoms with Gasteiger partial charge in [0.2, 0.25) is 5.89 Å². The molecule has 7 heteroatoms. The lowest BCUT2D eigenvalue weighted by molar-refractivity contribution is 0.215. The molecule has 1 aliphatic carbocycles. The first-order chi connectivity index (χ1) is 11.3. The molecule has 25 heavy (non-hydrogen) atoms. The summed E-state index contributed by atoms with van der Waals surface area (Å²) in [6.45, 7) is 13.3. The second kappa shape index (κ2) is 9.75. The van der Waals surface area contributed by atoms with E-state index < -0.39 is 0 Å². The number of aliphatic imine (C=N–C) groups is 1. The Morgan fingerprint density at radius 2 is 2.04 bits per heavy atom. The molecule has 0 radical (unpaired) electrons. The Morgan fingerprint density at radius 3 is 2.52 bits per heavy atom.